The molecule has 0 saturated carbocycles. The van der Waals surface area contributed by atoms with Crippen molar-refractivity contribution in [2.24, 2.45) is 0 Å². The number of carbonyl (C=O) groups is 1. The van der Waals surface area contributed by atoms with Crippen molar-refractivity contribution in [3.05, 3.63) is 45.8 Å². The van der Waals surface area contributed by atoms with Crippen LogP contribution in [0.2, 0.25) is 0 Å². The van der Waals surface area contributed by atoms with Gasteiger partial charge in [-0.25, -0.2) is 9.48 Å². The summed E-state index contributed by atoms with van der Waals surface area (Å²) in [5.74, 6) is -0.927. The lowest BCUT2D eigenvalue weighted by molar-refractivity contribution is 0.0695. The van der Waals surface area contributed by atoms with E-state index in [0.717, 1.165) is 16.8 Å². The molecular formula is C15H18N2O2. The van der Waals surface area contributed by atoms with Gasteiger partial charge in [0.05, 0.1) is 17.1 Å². The molecule has 0 amide bonds. The summed E-state index contributed by atoms with van der Waals surface area (Å²) in [5, 5.41) is 13.6. The van der Waals surface area contributed by atoms with Gasteiger partial charge in [0.15, 0.2) is 0 Å². The number of rotatable bonds is 2. The summed E-state index contributed by atoms with van der Waals surface area (Å²) >= 11 is 0. The molecule has 100 valence electrons. The number of aromatic nitrogens is 2. The smallest absolute Gasteiger partial charge is 0.339 e. The van der Waals surface area contributed by atoms with Crippen molar-refractivity contribution in [1.82, 2.24) is 9.78 Å². The molecule has 1 N–H and O–H groups in total. The highest BCUT2D eigenvalue weighted by atomic mass is 16.4. The predicted molar refractivity (Wildman–Crippen MR) is 74.2 cm³/mol. The fraction of sp³-hybridized carbons (Fsp3) is 0.333. The third-order valence-electron chi connectivity index (χ3n) is 3.35. The summed E-state index contributed by atoms with van der Waals surface area (Å²) in [6.45, 7) is 9.61. The zero-order valence-electron chi connectivity index (χ0n) is 11.9. The van der Waals surface area contributed by atoms with Crippen molar-refractivity contribution in [1.29, 1.82) is 0 Å². The number of hydrogen-bond acceptors (Lipinski definition) is 2. The number of aromatic carboxylic acids is 1. The van der Waals surface area contributed by atoms with Crippen LogP contribution in [-0.2, 0) is 0 Å². The average Bonchev–Trinajstić information content (AvgIpc) is 2.52. The molecule has 0 radical (unpaired) electrons. The first kappa shape index (κ1) is 13.3. The summed E-state index contributed by atoms with van der Waals surface area (Å²) in [6.07, 6.45) is 0. The van der Waals surface area contributed by atoms with Gasteiger partial charge in [0.1, 0.15) is 5.56 Å². The number of aryl methyl sites for hydroxylation is 4. The lowest BCUT2D eigenvalue weighted by Gasteiger charge is -2.13. The Kier molecular flexibility index (Phi) is 3.18. The van der Waals surface area contributed by atoms with Gasteiger partial charge >= 0.3 is 5.97 Å². The number of carboxylic acids is 1. The Balaban J connectivity index is 2.74. The first-order chi connectivity index (χ1) is 8.82. The van der Waals surface area contributed by atoms with Crippen LogP contribution in [-0.4, -0.2) is 20.9 Å². The SMILES string of the molecule is Cc1cc(C)c(-n2nc(C)c(C(=O)O)c2C)c(C)c1. The van der Waals surface area contributed by atoms with E-state index in [1.54, 1.807) is 18.5 Å². The Morgan fingerprint density at radius 3 is 2.05 bits per heavy atom. The molecule has 0 aliphatic heterocycles. The van der Waals surface area contributed by atoms with Crippen molar-refractivity contribution < 1.29 is 9.90 Å². The van der Waals surface area contributed by atoms with Crippen LogP contribution in [0.3, 0.4) is 0 Å². The molecule has 19 heavy (non-hydrogen) atoms. The maximum atomic E-state index is 11.3. The van der Waals surface area contributed by atoms with E-state index in [-0.39, 0.29) is 0 Å². The molecular weight excluding hydrogens is 240 g/mol. The Morgan fingerprint density at radius 2 is 1.63 bits per heavy atom. The van der Waals surface area contributed by atoms with Crippen molar-refractivity contribution in [3.8, 4) is 5.69 Å². The quantitative estimate of drug-likeness (QED) is 0.900. The predicted octanol–water partition coefficient (Wildman–Crippen LogP) is 3.11. The largest absolute Gasteiger partial charge is 0.478 e. The van der Waals surface area contributed by atoms with Crippen LogP contribution in [0.4, 0.5) is 0 Å². The first-order valence-electron chi connectivity index (χ1n) is 6.20. The van der Waals surface area contributed by atoms with E-state index in [1.165, 1.54) is 5.56 Å². The molecule has 0 atom stereocenters. The minimum Gasteiger partial charge on any atom is -0.478 e. The lowest BCUT2D eigenvalue weighted by Crippen LogP contribution is -2.06. The highest BCUT2D eigenvalue weighted by Crippen LogP contribution is 2.24. The van der Waals surface area contributed by atoms with Crippen molar-refractivity contribution in [3.63, 3.8) is 0 Å². The van der Waals surface area contributed by atoms with Gasteiger partial charge in [-0.05, 0) is 45.7 Å². The molecule has 4 heteroatoms. The lowest BCUT2D eigenvalue weighted by atomic mass is 10.0. The number of hydrogen-bond donors (Lipinski definition) is 1. The van der Waals surface area contributed by atoms with E-state index in [2.05, 4.69) is 17.2 Å². The molecule has 2 aromatic rings. The van der Waals surface area contributed by atoms with Crippen LogP contribution in [0.25, 0.3) is 5.69 Å². The third kappa shape index (κ3) is 2.14. The van der Waals surface area contributed by atoms with Crippen molar-refractivity contribution in [2.45, 2.75) is 34.6 Å². The van der Waals surface area contributed by atoms with Crippen LogP contribution in [0, 0.1) is 34.6 Å². The topological polar surface area (TPSA) is 55.1 Å². The Bertz CT molecular complexity index is 646. The second-order valence-electron chi connectivity index (χ2n) is 5.01. The molecule has 0 bridgehead atoms. The fourth-order valence-electron chi connectivity index (χ4n) is 2.68. The molecule has 0 spiro atoms. The number of carboxylic acid groups (broad SMARTS) is 1. The van der Waals surface area contributed by atoms with E-state index < -0.39 is 5.97 Å². The van der Waals surface area contributed by atoms with Crippen molar-refractivity contribution in [2.75, 3.05) is 0 Å². The van der Waals surface area contributed by atoms with E-state index in [9.17, 15) is 9.90 Å². The van der Waals surface area contributed by atoms with Gasteiger partial charge in [0.25, 0.3) is 0 Å². The van der Waals surface area contributed by atoms with Gasteiger partial charge in [0, 0.05) is 0 Å². The Labute approximate surface area is 112 Å². The van der Waals surface area contributed by atoms with Crippen molar-refractivity contribution >= 4 is 5.97 Å². The van der Waals surface area contributed by atoms with E-state index in [1.807, 2.05) is 20.8 Å². The van der Waals surface area contributed by atoms with Crippen LogP contribution in [0.1, 0.15) is 38.4 Å². The molecule has 2 rings (SSSR count). The highest BCUT2D eigenvalue weighted by Gasteiger charge is 2.20. The molecule has 0 saturated heterocycles. The van der Waals surface area contributed by atoms with Gasteiger partial charge in [-0.3, -0.25) is 0 Å². The number of benzene rings is 1. The van der Waals surface area contributed by atoms with Gasteiger partial charge < -0.3 is 5.11 Å². The highest BCUT2D eigenvalue weighted by molar-refractivity contribution is 5.90. The molecule has 0 aliphatic rings. The van der Waals surface area contributed by atoms with Crippen LogP contribution in [0.15, 0.2) is 12.1 Å². The van der Waals surface area contributed by atoms with Gasteiger partial charge in [0.2, 0.25) is 0 Å². The third-order valence-corrected chi connectivity index (χ3v) is 3.35. The molecule has 0 fully saturated rings. The summed E-state index contributed by atoms with van der Waals surface area (Å²) in [6, 6.07) is 4.17. The average molecular weight is 258 g/mol. The molecule has 1 heterocycles. The second kappa shape index (κ2) is 4.53. The summed E-state index contributed by atoms with van der Waals surface area (Å²) < 4.78 is 1.74. The Hall–Kier alpha value is -2.10. The van der Waals surface area contributed by atoms with Crippen LogP contribution >= 0.6 is 0 Å². The first-order valence-corrected chi connectivity index (χ1v) is 6.20. The minimum atomic E-state index is -0.927. The van der Waals surface area contributed by atoms with Gasteiger partial charge in [-0.2, -0.15) is 5.10 Å². The Morgan fingerprint density at radius 1 is 1.11 bits per heavy atom. The van der Waals surface area contributed by atoms with Crippen LogP contribution in [0.5, 0.6) is 0 Å². The standard InChI is InChI=1S/C15H18N2O2/c1-8-6-9(2)14(10(3)7-8)17-12(5)13(15(18)19)11(4)16-17/h6-7H,1-5H3,(H,18,19). The summed E-state index contributed by atoms with van der Waals surface area (Å²) in [4.78, 5) is 11.3. The summed E-state index contributed by atoms with van der Waals surface area (Å²) in [5.41, 5.74) is 5.86. The van der Waals surface area contributed by atoms with Gasteiger partial charge in [-0.15, -0.1) is 0 Å². The maximum absolute atomic E-state index is 11.3. The molecule has 4 nitrogen and oxygen atoms in total. The molecule has 0 unspecified atom stereocenters. The monoisotopic (exact) mass is 258 g/mol. The van der Waals surface area contributed by atoms with E-state index in [0.29, 0.717) is 17.0 Å². The van der Waals surface area contributed by atoms with Gasteiger partial charge in [-0.1, -0.05) is 17.7 Å². The second-order valence-corrected chi connectivity index (χ2v) is 5.01. The fourth-order valence-corrected chi connectivity index (χ4v) is 2.68. The minimum absolute atomic E-state index is 0.291. The molecule has 1 aromatic heterocycles. The van der Waals surface area contributed by atoms with E-state index >= 15 is 0 Å². The zero-order chi connectivity index (χ0) is 14.3. The van der Waals surface area contributed by atoms with E-state index in [4.69, 9.17) is 0 Å². The normalized spacial score (nSPS) is 10.8. The van der Waals surface area contributed by atoms with Crippen LogP contribution < -0.4 is 0 Å². The number of nitrogens with zero attached hydrogens (tertiary/aromatic N) is 2. The maximum Gasteiger partial charge on any atom is 0.339 e. The summed E-state index contributed by atoms with van der Waals surface area (Å²) in [7, 11) is 0. The molecule has 0 aliphatic carbocycles. The zero-order valence-corrected chi connectivity index (χ0v) is 11.9. The molecule has 1 aromatic carbocycles.